The molecule has 7 heteroatoms. The van der Waals surface area contributed by atoms with E-state index in [0.29, 0.717) is 18.9 Å². The molecule has 0 aliphatic carbocycles. The highest BCUT2D eigenvalue weighted by Gasteiger charge is 2.03. The van der Waals surface area contributed by atoms with Crippen molar-refractivity contribution in [3.8, 4) is 0 Å². The summed E-state index contributed by atoms with van der Waals surface area (Å²) in [7, 11) is 0. The zero-order valence-electron chi connectivity index (χ0n) is 8.83. The first-order chi connectivity index (χ1) is 8.25. The smallest absolute Gasteiger partial charge is 0.337 e. The molecular weight excluding hydrogens is 224 g/mol. The van der Waals surface area contributed by atoms with Crippen molar-refractivity contribution in [2.75, 3.05) is 0 Å². The summed E-state index contributed by atoms with van der Waals surface area (Å²) in [6.07, 6.45) is 2.59. The van der Waals surface area contributed by atoms with E-state index in [2.05, 4.69) is 25.0 Å². The van der Waals surface area contributed by atoms with Crippen molar-refractivity contribution in [2.24, 2.45) is 0 Å². The number of aromatic carboxylic acids is 1. The first-order valence-corrected chi connectivity index (χ1v) is 4.90. The predicted molar refractivity (Wildman–Crippen MR) is 56.0 cm³/mol. The van der Waals surface area contributed by atoms with Gasteiger partial charge < -0.3 is 14.9 Å². The molecule has 2 heterocycles. The Morgan fingerprint density at radius 2 is 2.24 bits per heavy atom. The summed E-state index contributed by atoms with van der Waals surface area (Å²) in [5, 5.41) is 15.4. The van der Waals surface area contributed by atoms with Crippen molar-refractivity contribution in [1.29, 1.82) is 0 Å². The average Bonchev–Trinajstić information content (AvgIpc) is 2.83. The van der Waals surface area contributed by atoms with Crippen LogP contribution in [0.25, 0.3) is 0 Å². The van der Waals surface area contributed by atoms with Crippen LogP contribution in [0, 0.1) is 0 Å². The molecule has 0 saturated carbocycles. The molecule has 2 aromatic rings. The molecule has 2 rings (SSSR count). The molecule has 88 valence electrons. The molecule has 0 aromatic carbocycles. The van der Waals surface area contributed by atoms with Gasteiger partial charge in [0.05, 0.1) is 17.8 Å². The van der Waals surface area contributed by atoms with Crippen molar-refractivity contribution >= 4 is 5.97 Å². The van der Waals surface area contributed by atoms with Gasteiger partial charge in [-0.25, -0.2) is 4.79 Å². The van der Waals surface area contributed by atoms with Gasteiger partial charge in [-0.15, -0.1) is 0 Å². The molecule has 7 nitrogen and oxygen atoms in total. The van der Waals surface area contributed by atoms with Gasteiger partial charge >= 0.3 is 5.97 Å². The van der Waals surface area contributed by atoms with Crippen LogP contribution in [-0.4, -0.2) is 26.2 Å². The number of aromatic nitrogens is 3. The average molecular weight is 234 g/mol. The number of nitrogens with one attached hydrogen (secondary N) is 1. The molecule has 0 atom stereocenters. The summed E-state index contributed by atoms with van der Waals surface area (Å²) in [6.45, 7) is 0.979. The van der Waals surface area contributed by atoms with Gasteiger partial charge in [-0.2, -0.15) is 4.98 Å². The van der Waals surface area contributed by atoms with Crippen LogP contribution in [0.4, 0.5) is 0 Å². The monoisotopic (exact) mass is 234 g/mol. The van der Waals surface area contributed by atoms with Crippen LogP contribution < -0.4 is 5.32 Å². The zero-order valence-corrected chi connectivity index (χ0v) is 8.83. The lowest BCUT2D eigenvalue weighted by molar-refractivity contribution is 0.0696. The van der Waals surface area contributed by atoms with Crippen molar-refractivity contribution in [3.63, 3.8) is 0 Å². The number of carbonyl (C=O) groups is 1. The third-order valence-corrected chi connectivity index (χ3v) is 2.07. The van der Waals surface area contributed by atoms with Gasteiger partial charge in [-0.1, -0.05) is 5.16 Å². The van der Waals surface area contributed by atoms with Gasteiger partial charge in [0.25, 0.3) is 0 Å². The Balaban J connectivity index is 1.85. The fourth-order valence-electron chi connectivity index (χ4n) is 1.23. The first kappa shape index (κ1) is 11.2. The molecule has 0 amide bonds. The molecule has 0 aliphatic heterocycles. The van der Waals surface area contributed by atoms with Crippen LogP contribution in [0.1, 0.15) is 21.9 Å². The Labute approximate surface area is 96.5 Å². The van der Waals surface area contributed by atoms with E-state index in [1.165, 1.54) is 18.7 Å². The summed E-state index contributed by atoms with van der Waals surface area (Å²) in [6, 6.07) is 3.17. The van der Waals surface area contributed by atoms with E-state index < -0.39 is 5.97 Å². The van der Waals surface area contributed by atoms with Crippen LogP contribution in [-0.2, 0) is 13.1 Å². The highest BCUT2D eigenvalue weighted by Crippen LogP contribution is 2.00. The van der Waals surface area contributed by atoms with E-state index in [0.717, 1.165) is 5.69 Å². The highest BCUT2D eigenvalue weighted by molar-refractivity contribution is 5.87. The predicted octanol–water partition coefficient (Wildman–Crippen LogP) is 0.453. The minimum absolute atomic E-state index is 0.173. The molecule has 0 fully saturated rings. The second kappa shape index (κ2) is 5.17. The molecule has 2 aromatic heterocycles. The number of rotatable bonds is 5. The second-order valence-corrected chi connectivity index (χ2v) is 3.29. The number of pyridine rings is 1. The third kappa shape index (κ3) is 3.08. The lowest BCUT2D eigenvalue weighted by atomic mass is 10.2. The molecule has 17 heavy (non-hydrogen) atoms. The van der Waals surface area contributed by atoms with Crippen molar-refractivity contribution in [3.05, 3.63) is 41.8 Å². The normalized spacial score (nSPS) is 10.4. The van der Waals surface area contributed by atoms with Crippen LogP contribution >= 0.6 is 0 Å². The molecule has 0 spiro atoms. The SMILES string of the molecule is O=C(O)c1ccc(CNCc2ncon2)nc1. The van der Waals surface area contributed by atoms with E-state index in [9.17, 15) is 4.79 Å². The van der Waals surface area contributed by atoms with Gasteiger partial charge in [0.2, 0.25) is 6.39 Å². The maximum atomic E-state index is 10.6. The fourth-order valence-corrected chi connectivity index (χ4v) is 1.23. The molecule has 2 N–H and O–H groups in total. The number of hydrogen-bond acceptors (Lipinski definition) is 6. The van der Waals surface area contributed by atoms with Crippen molar-refractivity contribution in [1.82, 2.24) is 20.4 Å². The van der Waals surface area contributed by atoms with Gasteiger partial charge in [0.1, 0.15) is 0 Å². The summed E-state index contributed by atoms with van der Waals surface area (Å²) in [4.78, 5) is 18.5. The van der Waals surface area contributed by atoms with E-state index in [4.69, 9.17) is 5.11 Å². The van der Waals surface area contributed by atoms with Gasteiger partial charge in [0.15, 0.2) is 5.82 Å². The number of carboxylic acid groups (broad SMARTS) is 1. The number of nitrogens with zero attached hydrogens (tertiary/aromatic N) is 3. The number of hydrogen-bond donors (Lipinski definition) is 2. The molecule has 0 radical (unpaired) electrons. The lowest BCUT2D eigenvalue weighted by Crippen LogP contribution is -2.14. The summed E-state index contributed by atoms with van der Waals surface area (Å²) >= 11 is 0. The van der Waals surface area contributed by atoms with Crippen LogP contribution in [0.15, 0.2) is 29.2 Å². The molecule has 0 saturated heterocycles. The quantitative estimate of drug-likeness (QED) is 0.774. The highest BCUT2D eigenvalue weighted by atomic mass is 16.5. The number of carboxylic acids is 1. The molecular formula is C10H10N4O3. The van der Waals surface area contributed by atoms with Crippen LogP contribution in [0.3, 0.4) is 0 Å². The zero-order chi connectivity index (χ0) is 12.1. The van der Waals surface area contributed by atoms with E-state index in [1.54, 1.807) is 6.07 Å². The van der Waals surface area contributed by atoms with E-state index in [1.807, 2.05) is 0 Å². The standard InChI is InChI=1S/C10H10N4O3/c15-10(16)7-1-2-8(12-3-7)4-11-5-9-13-6-17-14-9/h1-3,6,11H,4-5H2,(H,15,16). The Kier molecular flexibility index (Phi) is 3.41. The Morgan fingerprint density at radius 1 is 1.35 bits per heavy atom. The largest absolute Gasteiger partial charge is 0.478 e. The minimum atomic E-state index is -0.983. The molecule has 0 unspecified atom stereocenters. The van der Waals surface area contributed by atoms with Gasteiger partial charge in [-0.05, 0) is 12.1 Å². The van der Waals surface area contributed by atoms with E-state index >= 15 is 0 Å². The topological polar surface area (TPSA) is 101 Å². The summed E-state index contributed by atoms with van der Waals surface area (Å²) in [5.74, 6) is -0.420. The Morgan fingerprint density at radius 3 is 2.82 bits per heavy atom. The minimum Gasteiger partial charge on any atom is -0.478 e. The maximum absolute atomic E-state index is 10.6. The van der Waals surface area contributed by atoms with Crippen molar-refractivity contribution in [2.45, 2.75) is 13.1 Å². The third-order valence-electron chi connectivity index (χ3n) is 2.07. The fraction of sp³-hybridized carbons (Fsp3) is 0.200. The van der Waals surface area contributed by atoms with Gasteiger partial charge in [0, 0.05) is 12.7 Å². The molecule has 0 bridgehead atoms. The van der Waals surface area contributed by atoms with E-state index in [-0.39, 0.29) is 5.56 Å². The second-order valence-electron chi connectivity index (χ2n) is 3.29. The van der Waals surface area contributed by atoms with Crippen molar-refractivity contribution < 1.29 is 14.4 Å². The summed E-state index contributed by atoms with van der Waals surface area (Å²) < 4.78 is 4.58. The summed E-state index contributed by atoms with van der Waals surface area (Å²) in [5.41, 5.74) is 0.922. The Bertz CT molecular complexity index is 481. The Hall–Kier alpha value is -2.28. The van der Waals surface area contributed by atoms with Gasteiger partial charge in [-0.3, -0.25) is 4.98 Å². The maximum Gasteiger partial charge on any atom is 0.337 e. The lowest BCUT2D eigenvalue weighted by Gasteiger charge is -2.01. The van der Waals surface area contributed by atoms with Crippen LogP contribution in [0.2, 0.25) is 0 Å². The van der Waals surface area contributed by atoms with Crippen LogP contribution in [0.5, 0.6) is 0 Å². The molecule has 0 aliphatic rings. The first-order valence-electron chi connectivity index (χ1n) is 4.90.